The van der Waals surface area contributed by atoms with Crippen LogP contribution in [0, 0.1) is 21.3 Å². The second-order valence-electron chi connectivity index (χ2n) is 14.5. The first-order valence-corrected chi connectivity index (χ1v) is 19.4. The van der Waals surface area contributed by atoms with Crippen molar-refractivity contribution in [2.45, 2.75) is 64.0 Å². The number of ether oxygens (including phenoxy) is 2. The Morgan fingerprint density at radius 2 is 1.73 bits per heavy atom. The number of para-hydroxylation sites is 1. The molecule has 0 saturated carbocycles. The van der Waals surface area contributed by atoms with Crippen LogP contribution in [-0.2, 0) is 20.8 Å². The minimum absolute atomic E-state index is 0.0805. The lowest BCUT2D eigenvalue weighted by molar-refractivity contribution is -0.144. The number of methoxy groups -OCH3 is 1. The molecule has 0 spiro atoms. The van der Waals surface area contributed by atoms with Gasteiger partial charge in [0.2, 0.25) is 11.8 Å². The first kappa shape index (κ1) is 36.7. The lowest BCUT2D eigenvalue weighted by atomic mass is 9.58. The molecular weight excluding hydrogens is 770 g/mol. The number of rotatable bonds is 11. The number of phenols is 1. The van der Waals surface area contributed by atoms with Gasteiger partial charge in [0, 0.05) is 25.7 Å². The van der Waals surface area contributed by atoms with Gasteiger partial charge in [-0.3, -0.25) is 19.4 Å². The van der Waals surface area contributed by atoms with Crippen LogP contribution in [0.15, 0.2) is 89.5 Å². The number of piperidine rings is 1. The second-order valence-corrected chi connectivity index (χ2v) is 15.7. The monoisotopic (exact) mass is 816 g/mol. The SMILES string of the molecule is COc1cc(/C=C(\C)CC[C@H]2OB(O)C[C@H]3C2=C(COc2ccccc2)C[C@H]2C(=O)N(C4CCN(Cc5ccccc5)CC4)C(=O)[C@H]23)cc(I)c1O. The Morgan fingerprint density at radius 1 is 1.02 bits per heavy atom. The molecule has 0 bridgehead atoms. The summed E-state index contributed by atoms with van der Waals surface area (Å²) in [5, 5.41) is 21.4. The zero-order valence-electron chi connectivity index (χ0n) is 29.7. The van der Waals surface area contributed by atoms with Crippen LogP contribution in [0.5, 0.6) is 17.2 Å². The van der Waals surface area contributed by atoms with E-state index in [1.807, 2.05) is 48.5 Å². The fourth-order valence-corrected chi connectivity index (χ4v) is 9.32. The number of amides is 2. The maximum Gasteiger partial charge on any atom is 0.455 e. The van der Waals surface area contributed by atoms with Crippen molar-refractivity contribution in [3.63, 3.8) is 0 Å². The third kappa shape index (κ3) is 7.83. The number of fused-ring (bicyclic) bond motifs is 3. The molecule has 3 saturated heterocycles. The number of hydrogen-bond acceptors (Lipinski definition) is 8. The minimum atomic E-state index is -1.04. The Morgan fingerprint density at radius 3 is 2.44 bits per heavy atom. The van der Waals surface area contributed by atoms with Gasteiger partial charge in [-0.25, -0.2) is 0 Å². The Bertz CT molecular complexity index is 1830. The highest BCUT2D eigenvalue weighted by atomic mass is 127. The molecule has 9 nitrogen and oxygen atoms in total. The summed E-state index contributed by atoms with van der Waals surface area (Å²) in [5.41, 5.74) is 5.27. The summed E-state index contributed by atoms with van der Waals surface area (Å²) in [6, 6.07) is 23.6. The van der Waals surface area contributed by atoms with Gasteiger partial charge in [0.15, 0.2) is 11.5 Å². The van der Waals surface area contributed by atoms with Crippen LogP contribution in [0.3, 0.4) is 0 Å². The fraction of sp³-hybridized carbons (Fsp3) is 0.415. The molecular formula is C41H46BIN2O7. The average molecular weight is 817 g/mol. The van der Waals surface area contributed by atoms with E-state index < -0.39 is 25.1 Å². The number of aromatic hydroxyl groups is 1. The van der Waals surface area contributed by atoms with E-state index in [1.54, 1.807) is 4.90 Å². The van der Waals surface area contributed by atoms with Crippen molar-refractivity contribution < 1.29 is 33.8 Å². The van der Waals surface area contributed by atoms with Gasteiger partial charge in [0.25, 0.3) is 0 Å². The summed E-state index contributed by atoms with van der Waals surface area (Å²) in [6.07, 6.45) is 5.12. The zero-order chi connectivity index (χ0) is 36.4. The summed E-state index contributed by atoms with van der Waals surface area (Å²) < 4.78 is 18.6. The topological polar surface area (TPSA) is 109 Å². The molecule has 3 fully saturated rings. The second kappa shape index (κ2) is 16.2. The number of carbonyl (C=O) groups is 2. The molecule has 0 unspecified atom stereocenters. The average Bonchev–Trinajstić information content (AvgIpc) is 3.40. The van der Waals surface area contributed by atoms with Crippen molar-refractivity contribution in [2.24, 2.45) is 17.8 Å². The highest BCUT2D eigenvalue weighted by molar-refractivity contribution is 14.1. The van der Waals surface area contributed by atoms with Crippen molar-refractivity contribution in [1.82, 2.24) is 9.80 Å². The summed E-state index contributed by atoms with van der Waals surface area (Å²) in [5.74, 6) is -0.211. The van der Waals surface area contributed by atoms with E-state index in [-0.39, 0.29) is 42.5 Å². The quantitative estimate of drug-likeness (QED) is 0.0951. The largest absolute Gasteiger partial charge is 0.504 e. The number of benzene rings is 3. The van der Waals surface area contributed by atoms with Crippen LogP contribution >= 0.6 is 22.6 Å². The zero-order valence-corrected chi connectivity index (χ0v) is 31.9. The van der Waals surface area contributed by atoms with Crippen LogP contribution in [0.1, 0.15) is 50.2 Å². The van der Waals surface area contributed by atoms with Gasteiger partial charge >= 0.3 is 7.12 Å². The Balaban J connectivity index is 1.12. The molecule has 3 aromatic carbocycles. The number of nitrogens with zero attached hydrogens (tertiary/aromatic N) is 2. The lowest BCUT2D eigenvalue weighted by Gasteiger charge is -2.43. The molecule has 2 N–H and O–H groups in total. The fourth-order valence-electron chi connectivity index (χ4n) is 8.69. The lowest BCUT2D eigenvalue weighted by Crippen LogP contribution is -2.48. The van der Waals surface area contributed by atoms with Crippen molar-refractivity contribution in [2.75, 3.05) is 26.8 Å². The number of imide groups is 1. The molecule has 52 heavy (non-hydrogen) atoms. The first-order valence-electron chi connectivity index (χ1n) is 18.3. The molecule has 7 rings (SSSR count). The number of phenolic OH excluding ortho intramolecular Hbond substituents is 1. The van der Waals surface area contributed by atoms with Gasteiger partial charge in [-0.2, -0.15) is 0 Å². The van der Waals surface area contributed by atoms with Crippen LogP contribution in [-0.4, -0.2) is 77.8 Å². The molecule has 0 radical (unpaired) electrons. The van der Waals surface area contributed by atoms with E-state index in [2.05, 4.69) is 64.8 Å². The summed E-state index contributed by atoms with van der Waals surface area (Å²) >= 11 is 2.09. The smallest absolute Gasteiger partial charge is 0.455 e. The molecule has 3 heterocycles. The maximum atomic E-state index is 14.4. The van der Waals surface area contributed by atoms with E-state index in [0.29, 0.717) is 28.6 Å². The number of allylic oxidation sites excluding steroid dienone is 1. The third-order valence-corrected chi connectivity index (χ3v) is 12.0. The first-order chi connectivity index (χ1) is 25.2. The Kier molecular flexibility index (Phi) is 11.4. The molecule has 3 aliphatic heterocycles. The van der Waals surface area contributed by atoms with Crippen LogP contribution in [0.25, 0.3) is 6.08 Å². The molecule has 4 aliphatic rings. The van der Waals surface area contributed by atoms with Gasteiger partial charge in [-0.05, 0) is 120 Å². The molecule has 272 valence electrons. The highest BCUT2D eigenvalue weighted by Crippen LogP contribution is 2.51. The normalized spacial score (nSPS) is 24.3. The Labute approximate surface area is 319 Å². The van der Waals surface area contributed by atoms with Gasteiger partial charge < -0.3 is 24.3 Å². The van der Waals surface area contributed by atoms with Crippen molar-refractivity contribution >= 4 is 47.6 Å². The predicted molar refractivity (Wildman–Crippen MR) is 209 cm³/mol. The molecule has 3 aromatic rings. The number of carbonyl (C=O) groups excluding carboxylic acids is 2. The summed E-state index contributed by atoms with van der Waals surface area (Å²) in [6.45, 7) is 4.85. The van der Waals surface area contributed by atoms with E-state index in [1.165, 1.54) is 12.7 Å². The molecule has 2 amide bonds. The third-order valence-electron chi connectivity index (χ3n) is 11.2. The molecule has 11 heteroatoms. The van der Waals surface area contributed by atoms with Crippen molar-refractivity contribution in [3.8, 4) is 17.2 Å². The van der Waals surface area contributed by atoms with Gasteiger partial charge in [0.05, 0.1) is 28.6 Å². The standard InChI is InChI=1S/C41H46BIN2O7/c1-26(19-28-20-34(43)39(46)36(21-28)50-2)13-14-35-37-29(25-51-31-11-7-4-8-12-31)22-32-38(33(37)23-42(49)52-35)41(48)45(40(32)47)30-15-17-44(18-16-30)24-27-9-5-3-6-10-27/h3-12,19-21,30,32-33,35,38,46,49H,13-18,22-25H2,1-2H3/b26-19+/t32-,33+,35-,38-/m1/s1. The van der Waals surface area contributed by atoms with E-state index in [9.17, 15) is 19.7 Å². The maximum absolute atomic E-state index is 14.4. The van der Waals surface area contributed by atoms with Crippen LogP contribution < -0.4 is 9.47 Å². The molecule has 4 atom stereocenters. The highest BCUT2D eigenvalue weighted by Gasteiger charge is 2.58. The van der Waals surface area contributed by atoms with E-state index >= 15 is 0 Å². The van der Waals surface area contributed by atoms with E-state index in [4.69, 9.17) is 14.1 Å². The van der Waals surface area contributed by atoms with Gasteiger partial charge in [-0.1, -0.05) is 60.2 Å². The molecule has 0 aromatic heterocycles. The predicted octanol–water partition coefficient (Wildman–Crippen LogP) is 6.73. The van der Waals surface area contributed by atoms with Gasteiger partial charge in [0.1, 0.15) is 12.4 Å². The summed E-state index contributed by atoms with van der Waals surface area (Å²) in [7, 11) is 0.492. The van der Waals surface area contributed by atoms with Gasteiger partial charge in [-0.15, -0.1) is 0 Å². The summed E-state index contributed by atoms with van der Waals surface area (Å²) in [4.78, 5) is 32.7. The molecule has 1 aliphatic carbocycles. The van der Waals surface area contributed by atoms with Crippen LogP contribution in [0.4, 0.5) is 0 Å². The van der Waals surface area contributed by atoms with Crippen molar-refractivity contribution in [3.05, 3.63) is 104 Å². The van der Waals surface area contributed by atoms with Crippen molar-refractivity contribution in [1.29, 1.82) is 0 Å². The number of likely N-dealkylation sites (tertiary alicyclic amines) is 2. The number of halogens is 1. The number of hydrogen-bond donors (Lipinski definition) is 2. The Hall–Kier alpha value is -3.65. The van der Waals surface area contributed by atoms with Crippen LogP contribution in [0.2, 0.25) is 6.32 Å². The minimum Gasteiger partial charge on any atom is -0.504 e. The van der Waals surface area contributed by atoms with E-state index in [0.717, 1.165) is 60.5 Å².